The van der Waals surface area contributed by atoms with Gasteiger partial charge < -0.3 is 15.0 Å². The van der Waals surface area contributed by atoms with E-state index in [4.69, 9.17) is 10.5 Å². The Morgan fingerprint density at radius 3 is 2.64 bits per heavy atom. The van der Waals surface area contributed by atoms with E-state index in [1.54, 1.807) is 19.1 Å². The number of halogens is 1. The third-order valence-corrected chi connectivity index (χ3v) is 4.20. The van der Waals surface area contributed by atoms with Crippen LogP contribution in [0.1, 0.15) is 18.1 Å². The second kappa shape index (κ2) is 7.49. The second-order valence-corrected chi connectivity index (χ2v) is 5.95. The molecule has 0 saturated heterocycles. The van der Waals surface area contributed by atoms with Crippen LogP contribution in [-0.2, 0) is 22.5 Å². The van der Waals surface area contributed by atoms with Crippen molar-refractivity contribution in [2.75, 3.05) is 6.61 Å². The molecule has 0 radical (unpaired) electrons. The number of hydrogen-bond acceptors (Lipinski definition) is 3. The van der Waals surface area contributed by atoms with E-state index in [1.807, 2.05) is 41.1 Å². The van der Waals surface area contributed by atoms with E-state index in [0.29, 0.717) is 25.1 Å². The van der Waals surface area contributed by atoms with Crippen molar-refractivity contribution in [3.63, 3.8) is 0 Å². The van der Waals surface area contributed by atoms with Crippen LogP contribution in [0.3, 0.4) is 0 Å². The minimum Gasteiger partial charge on any atom is -0.465 e. The van der Waals surface area contributed by atoms with Gasteiger partial charge in [0.1, 0.15) is 11.9 Å². The first-order valence-electron chi connectivity index (χ1n) is 8.32. The number of esters is 1. The van der Waals surface area contributed by atoms with Crippen LogP contribution in [-0.4, -0.2) is 23.2 Å². The highest BCUT2D eigenvalue weighted by Gasteiger charge is 2.18. The van der Waals surface area contributed by atoms with Crippen molar-refractivity contribution < 1.29 is 13.9 Å². The Balaban J connectivity index is 1.93. The molecule has 130 valence electrons. The van der Waals surface area contributed by atoms with Gasteiger partial charge in [-0.3, -0.25) is 4.79 Å². The van der Waals surface area contributed by atoms with E-state index < -0.39 is 12.0 Å². The van der Waals surface area contributed by atoms with Gasteiger partial charge in [0.25, 0.3) is 0 Å². The number of hydrogen-bond donors (Lipinski definition) is 1. The Hall–Kier alpha value is -2.66. The fourth-order valence-electron chi connectivity index (χ4n) is 3.00. The van der Waals surface area contributed by atoms with Crippen molar-refractivity contribution in [3.8, 4) is 0 Å². The number of carbonyl (C=O) groups is 1. The lowest BCUT2D eigenvalue weighted by Gasteiger charge is -2.09. The Morgan fingerprint density at radius 2 is 1.88 bits per heavy atom. The molecule has 0 fully saturated rings. The second-order valence-electron chi connectivity index (χ2n) is 5.95. The first-order chi connectivity index (χ1) is 12.1. The summed E-state index contributed by atoms with van der Waals surface area (Å²) in [5, 5.41) is 1.01. The molecular weight excluding hydrogens is 319 g/mol. The number of benzene rings is 2. The van der Waals surface area contributed by atoms with E-state index in [1.165, 1.54) is 6.07 Å². The molecule has 1 unspecified atom stereocenters. The summed E-state index contributed by atoms with van der Waals surface area (Å²) in [7, 11) is 0. The van der Waals surface area contributed by atoms with E-state index in [2.05, 4.69) is 0 Å². The Labute approximate surface area is 146 Å². The van der Waals surface area contributed by atoms with Crippen LogP contribution in [0.4, 0.5) is 4.39 Å². The number of para-hydroxylation sites is 1. The topological polar surface area (TPSA) is 57.2 Å². The third kappa shape index (κ3) is 3.72. The number of rotatable bonds is 6. The molecule has 2 aromatic carbocycles. The Bertz CT molecular complexity index is 888. The highest BCUT2D eigenvalue weighted by Crippen LogP contribution is 2.24. The van der Waals surface area contributed by atoms with E-state index in [0.717, 1.165) is 16.5 Å². The van der Waals surface area contributed by atoms with E-state index in [9.17, 15) is 9.18 Å². The van der Waals surface area contributed by atoms with Crippen molar-refractivity contribution in [3.05, 3.63) is 71.7 Å². The van der Waals surface area contributed by atoms with Crippen molar-refractivity contribution in [2.24, 2.45) is 5.73 Å². The van der Waals surface area contributed by atoms with Crippen molar-refractivity contribution in [1.82, 2.24) is 4.57 Å². The number of carbonyl (C=O) groups excluding carboxylic acids is 1. The minimum atomic E-state index is -0.715. The smallest absolute Gasteiger partial charge is 0.323 e. The molecule has 0 saturated carbocycles. The monoisotopic (exact) mass is 340 g/mol. The van der Waals surface area contributed by atoms with Crippen LogP contribution in [0.25, 0.3) is 10.9 Å². The third-order valence-electron chi connectivity index (χ3n) is 4.20. The molecule has 0 aliphatic rings. The Kier molecular flexibility index (Phi) is 5.14. The van der Waals surface area contributed by atoms with Crippen LogP contribution >= 0.6 is 0 Å². The highest BCUT2D eigenvalue weighted by atomic mass is 19.1. The molecule has 0 aliphatic heterocycles. The van der Waals surface area contributed by atoms with Crippen LogP contribution in [0.15, 0.2) is 54.7 Å². The Morgan fingerprint density at radius 1 is 1.16 bits per heavy atom. The van der Waals surface area contributed by atoms with Crippen LogP contribution in [0.2, 0.25) is 0 Å². The maximum atomic E-state index is 14.0. The molecule has 1 heterocycles. The molecule has 0 amide bonds. The molecular formula is C20H21FN2O2. The van der Waals surface area contributed by atoms with Gasteiger partial charge in [-0.05, 0) is 24.6 Å². The molecule has 5 heteroatoms. The SMILES string of the molecule is CCOC(=O)C(N)Cc1cn(Cc2ccccc2F)c2ccccc12. The predicted octanol–water partition coefficient (Wildman–Crippen LogP) is 3.26. The van der Waals surface area contributed by atoms with Gasteiger partial charge in [0.2, 0.25) is 0 Å². The van der Waals surface area contributed by atoms with Crippen LogP contribution in [0, 0.1) is 5.82 Å². The normalized spacial score (nSPS) is 12.3. The number of nitrogens with zero attached hydrogens (tertiary/aromatic N) is 1. The van der Waals surface area contributed by atoms with Crippen molar-refractivity contribution in [1.29, 1.82) is 0 Å². The van der Waals surface area contributed by atoms with Crippen LogP contribution < -0.4 is 5.73 Å². The number of aromatic nitrogens is 1. The maximum Gasteiger partial charge on any atom is 0.323 e. The molecule has 25 heavy (non-hydrogen) atoms. The number of nitrogens with two attached hydrogens (primary N) is 1. The lowest BCUT2D eigenvalue weighted by molar-refractivity contribution is -0.144. The molecule has 2 N–H and O–H groups in total. The summed E-state index contributed by atoms with van der Waals surface area (Å²) in [6.07, 6.45) is 2.32. The summed E-state index contributed by atoms with van der Waals surface area (Å²) in [6.45, 7) is 2.48. The lowest BCUT2D eigenvalue weighted by atomic mass is 10.1. The van der Waals surface area contributed by atoms with Crippen molar-refractivity contribution >= 4 is 16.9 Å². The fourth-order valence-corrected chi connectivity index (χ4v) is 3.00. The number of fused-ring (bicyclic) bond motifs is 1. The fraction of sp³-hybridized carbons (Fsp3) is 0.250. The van der Waals surface area contributed by atoms with Gasteiger partial charge >= 0.3 is 5.97 Å². The van der Waals surface area contributed by atoms with Gasteiger partial charge in [0.15, 0.2) is 0 Å². The molecule has 3 rings (SSSR count). The van der Waals surface area contributed by atoms with E-state index in [-0.39, 0.29) is 5.82 Å². The highest BCUT2D eigenvalue weighted by molar-refractivity contribution is 5.85. The van der Waals surface area contributed by atoms with Gasteiger partial charge in [0.05, 0.1) is 13.2 Å². The molecule has 1 aromatic heterocycles. The average Bonchev–Trinajstić information content (AvgIpc) is 2.95. The summed E-state index contributed by atoms with van der Waals surface area (Å²) in [6, 6.07) is 13.9. The maximum absolute atomic E-state index is 14.0. The minimum absolute atomic E-state index is 0.231. The zero-order valence-electron chi connectivity index (χ0n) is 14.1. The molecule has 1 atom stereocenters. The first kappa shape index (κ1) is 17.2. The predicted molar refractivity (Wildman–Crippen MR) is 95.8 cm³/mol. The van der Waals surface area contributed by atoms with E-state index >= 15 is 0 Å². The zero-order chi connectivity index (χ0) is 17.8. The van der Waals surface area contributed by atoms with Crippen molar-refractivity contribution in [2.45, 2.75) is 25.9 Å². The summed E-state index contributed by atoms with van der Waals surface area (Å²) >= 11 is 0. The largest absolute Gasteiger partial charge is 0.465 e. The van der Waals surface area contributed by atoms with Gasteiger partial charge in [-0.25, -0.2) is 4.39 Å². The van der Waals surface area contributed by atoms with Gasteiger partial charge in [-0.2, -0.15) is 0 Å². The van der Waals surface area contributed by atoms with Gasteiger partial charge in [-0.15, -0.1) is 0 Å². The summed E-state index contributed by atoms with van der Waals surface area (Å²) < 4.78 is 21.0. The zero-order valence-corrected chi connectivity index (χ0v) is 14.1. The lowest BCUT2D eigenvalue weighted by Crippen LogP contribution is -2.34. The molecule has 3 aromatic rings. The number of ether oxygens (including phenoxy) is 1. The summed E-state index contributed by atoms with van der Waals surface area (Å²) in [5.41, 5.74) is 8.52. The molecule has 0 aliphatic carbocycles. The summed E-state index contributed by atoms with van der Waals surface area (Å²) in [5.74, 6) is -0.640. The molecule has 4 nitrogen and oxygen atoms in total. The van der Waals surface area contributed by atoms with Crippen LogP contribution in [0.5, 0.6) is 0 Å². The summed E-state index contributed by atoms with van der Waals surface area (Å²) in [4.78, 5) is 11.8. The average molecular weight is 340 g/mol. The van der Waals surface area contributed by atoms with Gasteiger partial charge in [-0.1, -0.05) is 36.4 Å². The first-order valence-corrected chi connectivity index (χ1v) is 8.32. The van der Waals surface area contributed by atoms with Gasteiger partial charge in [0, 0.05) is 29.1 Å². The standard InChI is InChI=1S/C20H21FN2O2/c1-2-25-20(24)18(22)11-15-13-23(19-10-6-4-8-16(15)19)12-14-7-3-5-9-17(14)21/h3-10,13,18H,2,11-12,22H2,1H3. The quantitative estimate of drug-likeness (QED) is 0.701. The molecule has 0 bridgehead atoms. The molecule has 0 spiro atoms.